The summed E-state index contributed by atoms with van der Waals surface area (Å²) in [4.78, 5) is 11.1. The van der Waals surface area contributed by atoms with E-state index in [4.69, 9.17) is 11.6 Å². The van der Waals surface area contributed by atoms with Crippen LogP contribution in [0.2, 0.25) is 17.3 Å². The van der Waals surface area contributed by atoms with Crippen molar-refractivity contribution in [3.63, 3.8) is 0 Å². The Morgan fingerprint density at radius 1 is 1.43 bits per heavy atom. The number of allylic oxidation sites excluding steroid dienone is 1. The van der Waals surface area contributed by atoms with Crippen molar-refractivity contribution >= 4 is 30.8 Å². The van der Waals surface area contributed by atoms with Crippen LogP contribution in [0.5, 0.6) is 0 Å². The molecule has 0 heterocycles. The number of alkyl halides is 1. The van der Waals surface area contributed by atoms with Gasteiger partial charge in [-0.25, -0.2) is 0 Å². The summed E-state index contributed by atoms with van der Waals surface area (Å²) in [5, 5.41) is 0. The zero-order valence-corrected chi connectivity index (χ0v) is 12.2. The second kappa shape index (κ2) is 6.51. The molecule has 0 atom stereocenters. The minimum atomic E-state index is -1.89. The molecule has 0 aliphatic carbocycles. The number of methoxy groups -OCH3 is 1. The van der Waals surface area contributed by atoms with Gasteiger partial charge in [0.05, 0.1) is 0 Å². The van der Waals surface area contributed by atoms with E-state index in [0.29, 0.717) is 5.88 Å². The van der Waals surface area contributed by atoms with Gasteiger partial charge in [0.2, 0.25) is 0 Å². The zero-order chi connectivity index (χ0) is 11.2. The fourth-order valence-corrected chi connectivity index (χ4v) is 4.36. The summed E-state index contributed by atoms with van der Waals surface area (Å²) in [6.07, 6.45) is 3.53. The number of hydrogen-bond acceptors (Lipinski definition) is 2. The van der Waals surface area contributed by atoms with Crippen molar-refractivity contribution < 1.29 is 9.53 Å². The third kappa shape index (κ3) is 5.71. The molecule has 0 N–H and O–H groups in total. The van der Waals surface area contributed by atoms with Crippen molar-refractivity contribution in [3.05, 3.63) is 10.5 Å². The molecule has 0 amide bonds. The van der Waals surface area contributed by atoms with E-state index in [9.17, 15) is 4.79 Å². The molecule has 0 unspecified atom stereocenters. The second-order valence-electron chi connectivity index (χ2n) is 4.24. The van der Waals surface area contributed by atoms with Gasteiger partial charge in [-0.3, -0.25) is 0 Å². The number of esters is 1. The molecule has 0 radical (unpaired) electrons. The first kappa shape index (κ1) is 14.0. The summed E-state index contributed by atoms with van der Waals surface area (Å²) in [5.74, 6) is 7.21. The molecule has 4 heteroatoms. The summed E-state index contributed by atoms with van der Waals surface area (Å²) in [6.45, 7) is 0. The normalized spacial score (nSPS) is 12.8. The second-order valence-corrected chi connectivity index (χ2v) is 15.4. The number of carbonyl (C=O) groups is 1. The van der Waals surface area contributed by atoms with Gasteiger partial charge in [0.15, 0.2) is 0 Å². The molecule has 2 nitrogen and oxygen atoms in total. The van der Waals surface area contributed by atoms with E-state index in [1.807, 2.05) is 0 Å². The van der Waals surface area contributed by atoms with E-state index in [0.717, 1.165) is 12.8 Å². The number of hydrogen-bond donors (Lipinski definition) is 0. The van der Waals surface area contributed by atoms with Gasteiger partial charge in [0.1, 0.15) is 0 Å². The topological polar surface area (TPSA) is 26.3 Å². The summed E-state index contributed by atoms with van der Waals surface area (Å²) in [6, 6.07) is 0. The molecule has 0 aromatic carbocycles. The van der Waals surface area contributed by atoms with Crippen molar-refractivity contribution in [2.75, 3.05) is 13.0 Å². The van der Waals surface area contributed by atoms with Crippen molar-refractivity contribution in [1.29, 1.82) is 0 Å². The van der Waals surface area contributed by atoms with Gasteiger partial charge in [0, 0.05) is 0 Å². The Bertz CT molecular complexity index is 219. The van der Waals surface area contributed by atoms with Crippen LogP contribution < -0.4 is 0 Å². The first-order valence-electron chi connectivity index (χ1n) is 4.76. The van der Waals surface area contributed by atoms with E-state index in [1.165, 1.54) is 11.5 Å². The molecule has 0 aromatic heterocycles. The predicted molar refractivity (Wildman–Crippen MR) is 63.4 cm³/mol. The van der Waals surface area contributed by atoms with Crippen molar-refractivity contribution in [2.24, 2.45) is 0 Å². The Hall–Kier alpha value is 0.0429. The van der Waals surface area contributed by atoms with Crippen LogP contribution in [0, 0.1) is 0 Å². The standard InChI is InChI=1S/C10H19ClGeO2/c1-12(2,3)9(6-5-7-11)8-10(13)14-4/h8H,5-7H2,1-4H3/b9-8+. The Balaban J connectivity index is 4.55. The Kier molecular flexibility index (Phi) is 6.53. The number of carbonyl (C=O) groups excluding carboxylic acids is 1. The molecular weight excluding hydrogens is 260 g/mol. The third-order valence-corrected chi connectivity index (χ3v) is 7.17. The first-order chi connectivity index (χ1) is 6.41. The Morgan fingerprint density at radius 2 is 2.00 bits per heavy atom. The minimum absolute atomic E-state index is 0.241. The van der Waals surface area contributed by atoms with Crippen LogP contribution in [-0.2, 0) is 9.53 Å². The van der Waals surface area contributed by atoms with Gasteiger partial charge in [-0.2, -0.15) is 0 Å². The summed E-state index contributed by atoms with van der Waals surface area (Å²) in [7, 11) is 1.41. The quantitative estimate of drug-likeness (QED) is 0.335. The molecule has 0 rings (SSSR count). The average molecular weight is 279 g/mol. The van der Waals surface area contributed by atoms with Crippen LogP contribution >= 0.6 is 11.6 Å². The van der Waals surface area contributed by atoms with E-state index < -0.39 is 13.3 Å². The molecule has 14 heavy (non-hydrogen) atoms. The van der Waals surface area contributed by atoms with Crippen molar-refractivity contribution in [2.45, 2.75) is 30.1 Å². The van der Waals surface area contributed by atoms with Crippen LogP contribution in [-0.4, -0.2) is 32.2 Å². The molecule has 0 fully saturated rings. The van der Waals surface area contributed by atoms with Gasteiger partial charge in [-0.15, -0.1) is 0 Å². The van der Waals surface area contributed by atoms with E-state index >= 15 is 0 Å². The Morgan fingerprint density at radius 3 is 2.36 bits per heavy atom. The van der Waals surface area contributed by atoms with Crippen LogP contribution in [0.1, 0.15) is 12.8 Å². The molecule has 0 aliphatic heterocycles. The molecule has 0 aromatic rings. The summed E-state index contributed by atoms with van der Waals surface area (Å²) < 4.78 is 5.91. The van der Waals surface area contributed by atoms with Crippen LogP contribution in [0.15, 0.2) is 10.5 Å². The number of ether oxygens (including phenoxy) is 1. The van der Waals surface area contributed by atoms with Crippen LogP contribution in [0.25, 0.3) is 0 Å². The zero-order valence-electron chi connectivity index (χ0n) is 9.39. The average Bonchev–Trinajstić information content (AvgIpc) is 2.09. The van der Waals surface area contributed by atoms with E-state index in [1.54, 1.807) is 6.08 Å². The third-order valence-electron chi connectivity index (χ3n) is 2.04. The number of halogens is 1. The molecule has 0 saturated heterocycles. The molecule has 0 aliphatic rings. The molecule has 82 valence electrons. The first-order valence-corrected chi connectivity index (χ1v) is 12.6. The maximum absolute atomic E-state index is 11.1. The SMILES string of the molecule is COC(=O)/C=[C](\CCCCl)[Ge]([CH3])([CH3])[CH3]. The Labute approximate surface area is 94.0 Å². The monoisotopic (exact) mass is 280 g/mol. The fraction of sp³-hybridized carbons (Fsp3) is 0.700. The summed E-state index contributed by atoms with van der Waals surface area (Å²) >= 11 is 3.75. The van der Waals surface area contributed by atoms with Crippen molar-refractivity contribution in [3.8, 4) is 0 Å². The summed E-state index contributed by atoms with van der Waals surface area (Å²) in [5.41, 5.74) is 0. The van der Waals surface area contributed by atoms with Gasteiger partial charge < -0.3 is 0 Å². The molecule has 0 saturated carbocycles. The van der Waals surface area contributed by atoms with Gasteiger partial charge in [-0.05, 0) is 0 Å². The van der Waals surface area contributed by atoms with Gasteiger partial charge in [-0.1, -0.05) is 0 Å². The fourth-order valence-electron chi connectivity index (χ4n) is 1.12. The number of rotatable bonds is 5. The maximum atomic E-state index is 11.1. The van der Waals surface area contributed by atoms with Gasteiger partial charge in [0.25, 0.3) is 0 Å². The predicted octanol–water partition coefficient (Wildman–Crippen LogP) is 2.98. The van der Waals surface area contributed by atoms with Gasteiger partial charge >= 0.3 is 93.9 Å². The van der Waals surface area contributed by atoms with Crippen LogP contribution in [0.3, 0.4) is 0 Å². The van der Waals surface area contributed by atoms with Crippen molar-refractivity contribution in [1.82, 2.24) is 0 Å². The van der Waals surface area contributed by atoms with E-state index in [-0.39, 0.29) is 5.97 Å². The van der Waals surface area contributed by atoms with Crippen LogP contribution in [0.4, 0.5) is 0 Å². The molecular formula is C10H19ClGeO2. The molecule has 0 bridgehead atoms. The molecule has 0 spiro atoms. The van der Waals surface area contributed by atoms with E-state index in [2.05, 4.69) is 22.0 Å².